The third-order valence-corrected chi connectivity index (χ3v) is 17.6. The van der Waals surface area contributed by atoms with Crippen LogP contribution in [0.25, 0.3) is 0 Å². The van der Waals surface area contributed by atoms with Crippen molar-refractivity contribution < 1.29 is 0 Å². The Hall–Kier alpha value is 0. The van der Waals surface area contributed by atoms with E-state index < -0.39 is 0 Å². The van der Waals surface area contributed by atoms with E-state index in [4.69, 9.17) is 0 Å². The SMILES string of the molecule is CC1C2CC(C)(C1(C)C)C1(C)CC2C2CC1(C)C1(C)CC2C2C3CCC(C)C3(C)C21C. The van der Waals surface area contributed by atoms with Crippen molar-refractivity contribution in [1.29, 1.82) is 0 Å². The number of hydrogen-bond donors (Lipinski definition) is 0. The predicted molar refractivity (Wildman–Crippen MR) is 129 cm³/mol. The van der Waals surface area contributed by atoms with Gasteiger partial charge in [-0.05, 0) is 124 Å². The van der Waals surface area contributed by atoms with Crippen LogP contribution < -0.4 is 0 Å². The molecule has 0 N–H and O–H groups in total. The average molecular weight is 423 g/mol. The fourth-order valence-electron chi connectivity index (χ4n) is 14.9. The first kappa shape index (κ1) is 20.4. The Morgan fingerprint density at radius 2 is 1.06 bits per heavy atom. The molecule has 174 valence electrons. The van der Waals surface area contributed by atoms with Crippen molar-refractivity contribution in [2.75, 3.05) is 0 Å². The van der Waals surface area contributed by atoms with Crippen LogP contribution in [0.15, 0.2) is 0 Å². The summed E-state index contributed by atoms with van der Waals surface area (Å²) in [6.45, 7) is 27.6. The molecule has 7 aliphatic rings. The molecule has 31 heavy (non-hydrogen) atoms. The largest absolute Gasteiger partial charge is 0.0620 e. The molecule has 0 spiro atoms. The van der Waals surface area contributed by atoms with Crippen molar-refractivity contribution in [1.82, 2.24) is 0 Å². The second kappa shape index (κ2) is 4.87. The van der Waals surface area contributed by atoms with Crippen molar-refractivity contribution in [3.63, 3.8) is 0 Å². The second-order valence-corrected chi connectivity index (χ2v) is 16.4. The van der Waals surface area contributed by atoms with Crippen molar-refractivity contribution >= 4 is 0 Å². The second-order valence-electron chi connectivity index (χ2n) is 16.4. The number of rotatable bonds is 0. The number of hydrogen-bond acceptors (Lipinski definition) is 0. The predicted octanol–water partition coefficient (Wildman–Crippen LogP) is 8.46. The van der Waals surface area contributed by atoms with Crippen LogP contribution in [0.2, 0.25) is 0 Å². The van der Waals surface area contributed by atoms with Crippen molar-refractivity contribution in [2.45, 2.75) is 108 Å². The third-order valence-electron chi connectivity index (χ3n) is 17.6. The Labute approximate surface area is 193 Å². The standard InChI is InChI=1S/C31H50/c1-17-11-12-23-24-22-16-29(8,31(24,10)30(17,23)9)28(7)15-21(22)20-14-27(28,6)26(5)13-19(20)18(2)25(26,3)4/h17-24H,11-16H2,1-10H3. The van der Waals surface area contributed by atoms with E-state index in [0.717, 1.165) is 47.3 Å². The van der Waals surface area contributed by atoms with Gasteiger partial charge in [0.05, 0.1) is 0 Å². The Balaban J connectivity index is 1.49. The van der Waals surface area contributed by atoms with Crippen LogP contribution in [0.3, 0.4) is 0 Å². The van der Waals surface area contributed by atoms with Gasteiger partial charge in [0, 0.05) is 0 Å². The molecule has 8 bridgehead atoms. The Morgan fingerprint density at radius 1 is 0.548 bits per heavy atom. The summed E-state index contributed by atoms with van der Waals surface area (Å²) in [6, 6.07) is 0. The highest BCUT2D eigenvalue weighted by atomic mass is 14.9. The van der Waals surface area contributed by atoms with Crippen LogP contribution in [0.5, 0.6) is 0 Å². The smallest absolute Gasteiger partial charge is 0.0173 e. The van der Waals surface area contributed by atoms with E-state index in [1.807, 2.05) is 0 Å². The monoisotopic (exact) mass is 422 g/mol. The summed E-state index contributed by atoms with van der Waals surface area (Å²) in [6.07, 6.45) is 9.25. The molecule has 7 rings (SSSR count). The molecule has 0 aromatic rings. The summed E-state index contributed by atoms with van der Waals surface area (Å²) in [5.74, 6) is 7.98. The third kappa shape index (κ3) is 1.46. The lowest BCUT2D eigenvalue weighted by atomic mass is 9.27. The van der Waals surface area contributed by atoms with Gasteiger partial charge in [0.25, 0.3) is 0 Å². The molecule has 7 aliphatic carbocycles. The summed E-state index contributed by atoms with van der Waals surface area (Å²) >= 11 is 0. The van der Waals surface area contributed by atoms with Gasteiger partial charge in [-0.15, -0.1) is 0 Å². The first-order valence-corrected chi connectivity index (χ1v) is 14.2. The summed E-state index contributed by atoms with van der Waals surface area (Å²) in [7, 11) is 0. The van der Waals surface area contributed by atoms with Crippen LogP contribution in [0, 0.1) is 85.2 Å². The Bertz CT molecular complexity index is 884. The van der Waals surface area contributed by atoms with Crippen LogP contribution in [0.4, 0.5) is 0 Å². The van der Waals surface area contributed by atoms with E-state index in [-0.39, 0.29) is 0 Å². The van der Waals surface area contributed by atoms with Crippen LogP contribution in [-0.2, 0) is 0 Å². The summed E-state index contributed by atoms with van der Waals surface area (Å²) in [5, 5.41) is 0. The van der Waals surface area contributed by atoms with Crippen molar-refractivity contribution in [3.8, 4) is 0 Å². The highest BCUT2D eigenvalue weighted by Crippen LogP contribution is 2.94. The molecule has 14 unspecified atom stereocenters. The molecule has 14 atom stereocenters. The lowest BCUT2D eigenvalue weighted by Crippen LogP contribution is -2.71. The van der Waals surface area contributed by atoms with E-state index in [0.29, 0.717) is 37.9 Å². The molecular formula is C31H50. The molecular weight excluding hydrogens is 372 g/mol. The Morgan fingerprint density at radius 3 is 1.71 bits per heavy atom. The quantitative estimate of drug-likeness (QED) is 0.343. The Kier molecular flexibility index (Phi) is 3.20. The molecule has 0 aromatic heterocycles. The van der Waals surface area contributed by atoms with Crippen molar-refractivity contribution in [3.05, 3.63) is 0 Å². The average Bonchev–Trinajstić information content (AvgIpc) is 3.14. The molecule has 0 aromatic carbocycles. The highest BCUT2D eigenvalue weighted by molar-refractivity contribution is 5.36. The molecule has 0 nitrogen and oxygen atoms in total. The van der Waals surface area contributed by atoms with Gasteiger partial charge in [-0.3, -0.25) is 0 Å². The van der Waals surface area contributed by atoms with Crippen LogP contribution >= 0.6 is 0 Å². The van der Waals surface area contributed by atoms with E-state index in [1.165, 1.54) is 12.8 Å². The molecule has 0 radical (unpaired) electrons. The van der Waals surface area contributed by atoms with E-state index >= 15 is 0 Å². The molecule has 0 amide bonds. The minimum atomic E-state index is 0.463. The normalized spacial score (nSPS) is 73.7. The molecule has 0 heterocycles. The minimum Gasteiger partial charge on any atom is -0.0620 e. The van der Waals surface area contributed by atoms with Crippen molar-refractivity contribution in [2.24, 2.45) is 85.2 Å². The van der Waals surface area contributed by atoms with Crippen LogP contribution in [0.1, 0.15) is 108 Å². The highest BCUT2D eigenvalue weighted by Gasteiger charge is 2.89. The van der Waals surface area contributed by atoms with E-state index in [2.05, 4.69) is 69.2 Å². The zero-order valence-electron chi connectivity index (χ0n) is 22.4. The van der Waals surface area contributed by atoms with E-state index in [9.17, 15) is 0 Å². The van der Waals surface area contributed by atoms with E-state index in [1.54, 1.807) is 25.7 Å². The van der Waals surface area contributed by atoms with Crippen LogP contribution in [-0.4, -0.2) is 0 Å². The first-order valence-electron chi connectivity index (χ1n) is 14.2. The molecule has 0 aliphatic heterocycles. The van der Waals surface area contributed by atoms with Gasteiger partial charge in [-0.2, -0.15) is 0 Å². The maximum absolute atomic E-state index is 2.86. The topological polar surface area (TPSA) is 0 Å². The molecule has 7 saturated carbocycles. The summed E-state index contributed by atoms with van der Waals surface area (Å²) < 4.78 is 0. The molecule has 7 fully saturated rings. The van der Waals surface area contributed by atoms with Gasteiger partial charge in [-0.25, -0.2) is 0 Å². The lowest BCUT2D eigenvalue weighted by Gasteiger charge is -2.77. The maximum Gasteiger partial charge on any atom is -0.0173 e. The minimum absolute atomic E-state index is 0.463. The summed E-state index contributed by atoms with van der Waals surface area (Å²) in [5.41, 5.74) is 3.56. The van der Waals surface area contributed by atoms with Gasteiger partial charge in [0.1, 0.15) is 0 Å². The zero-order chi connectivity index (χ0) is 22.4. The fourth-order valence-corrected chi connectivity index (χ4v) is 14.9. The lowest BCUT2D eigenvalue weighted by molar-refractivity contribution is -0.294. The van der Waals surface area contributed by atoms with Gasteiger partial charge in [0.2, 0.25) is 0 Å². The summed E-state index contributed by atoms with van der Waals surface area (Å²) in [4.78, 5) is 0. The van der Waals surface area contributed by atoms with Gasteiger partial charge >= 0.3 is 0 Å². The van der Waals surface area contributed by atoms with Gasteiger partial charge < -0.3 is 0 Å². The molecule has 0 heteroatoms. The fraction of sp³-hybridized carbons (Fsp3) is 1.00. The van der Waals surface area contributed by atoms with Gasteiger partial charge in [-0.1, -0.05) is 69.2 Å². The molecule has 0 saturated heterocycles. The first-order chi connectivity index (χ1) is 14.2. The van der Waals surface area contributed by atoms with Gasteiger partial charge in [0.15, 0.2) is 0 Å². The number of fused-ring (bicyclic) bond motifs is 20. The zero-order valence-corrected chi connectivity index (χ0v) is 22.4. The maximum atomic E-state index is 2.86.